The lowest BCUT2D eigenvalue weighted by Gasteiger charge is -2.16. The van der Waals surface area contributed by atoms with Gasteiger partial charge in [0.25, 0.3) is 0 Å². The highest BCUT2D eigenvalue weighted by Crippen LogP contribution is 2.25. The van der Waals surface area contributed by atoms with Crippen molar-refractivity contribution in [3.05, 3.63) is 64.1 Å². The van der Waals surface area contributed by atoms with E-state index >= 15 is 0 Å². The summed E-state index contributed by atoms with van der Waals surface area (Å²) in [5.74, 6) is 0.861. The van der Waals surface area contributed by atoms with Crippen LogP contribution < -0.4 is 4.74 Å². The summed E-state index contributed by atoms with van der Waals surface area (Å²) in [7, 11) is 1.68. The Morgan fingerprint density at radius 1 is 1.15 bits per heavy atom. The predicted octanol–water partition coefficient (Wildman–Crippen LogP) is 5.15. The van der Waals surface area contributed by atoms with Gasteiger partial charge in [0.15, 0.2) is 0 Å². The normalized spacial score (nSPS) is 12.2. The van der Waals surface area contributed by atoms with Crippen LogP contribution in [0, 0.1) is 0 Å². The van der Waals surface area contributed by atoms with Gasteiger partial charge in [0.1, 0.15) is 5.75 Å². The van der Waals surface area contributed by atoms with Crippen LogP contribution in [-0.4, -0.2) is 11.5 Å². The molecule has 1 atom stereocenters. The number of alkyl halides is 1. The van der Waals surface area contributed by atoms with Crippen LogP contribution in [-0.2, 0) is 11.3 Å². The number of methoxy groups -OCH3 is 1. The van der Waals surface area contributed by atoms with Crippen molar-refractivity contribution in [2.24, 2.45) is 0 Å². The Hall–Kier alpha value is -0.590. The van der Waals surface area contributed by atoms with Crippen molar-refractivity contribution < 1.29 is 9.47 Å². The monoisotopic (exact) mass is 446 g/mol. The van der Waals surface area contributed by atoms with Gasteiger partial charge in [-0.3, -0.25) is 0 Å². The zero-order valence-electron chi connectivity index (χ0n) is 11.2. The summed E-state index contributed by atoms with van der Waals surface area (Å²) >= 11 is 5.86. The summed E-state index contributed by atoms with van der Waals surface area (Å²) in [5, 5.41) is 0. The molecule has 0 aromatic heterocycles. The average molecular weight is 447 g/mol. The summed E-state index contributed by atoms with van der Waals surface area (Å²) in [4.78, 5) is 0. The van der Waals surface area contributed by atoms with Gasteiger partial charge in [0.05, 0.1) is 19.8 Å². The van der Waals surface area contributed by atoms with Gasteiger partial charge in [-0.25, -0.2) is 0 Å². The predicted molar refractivity (Wildman–Crippen MR) is 93.6 cm³/mol. The molecule has 4 heteroatoms. The minimum Gasteiger partial charge on any atom is -0.497 e. The minimum atomic E-state index is 0.0966. The van der Waals surface area contributed by atoms with Crippen molar-refractivity contribution in [3.63, 3.8) is 0 Å². The van der Waals surface area contributed by atoms with Crippen LogP contribution in [0.1, 0.15) is 17.2 Å². The molecule has 0 aliphatic heterocycles. The molecule has 20 heavy (non-hydrogen) atoms. The average Bonchev–Trinajstić information content (AvgIpc) is 2.48. The Kier molecular flexibility index (Phi) is 6.32. The SMILES string of the molecule is COc1cccc(COC(CI)c2cccc(Br)c2)c1. The summed E-state index contributed by atoms with van der Waals surface area (Å²) < 4.78 is 13.3. The number of halogens is 2. The van der Waals surface area contributed by atoms with E-state index in [0.717, 1.165) is 20.2 Å². The fraction of sp³-hybridized carbons (Fsp3) is 0.250. The Bertz CT molecular complexity index is 560. The summed E-state index contributed by atoms with van der Waals surface area (Å²) in [5.41, 5.74) is 2.31. The van der Waals surface area contributed by atoms with Crippen LogP contribution in [0.2, 0.25) is 0 Å². The van der Waals surface area contributed by atoms with Gasteiger partial charge < -0.3 is 9.47 Å². The van der Waals surface area contributed by atoms with Crippen molar-refractivity contribution in [3.8, 4) is 5.75 Å². The molecule has 2 aromatic carbocycles. The third-order valence-electron chi connectivity index (χ3n) is 2.95. The highest BCUT2D eigenvalue weighted by atomic mass is 127. The molecule has 0 radical (unpaired) electrons. The van der Waals surface area contributed by atoms with E-state index in [1.54, 1.807) is 7.11 Å². The third kappa shape index (κ3) is 4.46. The zero-order valence-corrected chi connectivity index (χ0v) is 14.9. The number of ether oxygens (including phenoxy) is 2. The molecule has 2 aromatic rings. The van der Waals surface area contributed by atoms with Crippen molar-refractivity contribution >= 4 is 38.5 Å². The number of rotatable bonds is 6. The summed E-state index contributed by atoms with van der Waals surface area (Å²) in [6.45, 7) is 0.581. The molecule has 0 spiro atoms. The molecule has 0 fully saturated rings. The Labute approximate surface area is 141 Å². The van der Waals surface area contributed by atoms with Crippen molar-refractivity contribution in [2.75, 3.05) is 11.5 Å². The zero-order chi connectivity index (χ0) is 14.4. The molecule has 0 bridgehead atoms. The van der Waals surface area contributed by atoms with Crippen LogP contribution in [0.4, 0.5) is 0 Å². The van der Waals surface area contributed by atoms with Crippen molar-refractivity contribution in [2.45, 2.75) is 12.7 Å². The molecular weight excluding hydrogens is 431 g/mol. The maximum Gasteiger partial charge on any atom is 0.119 e. The Morgan fingerprint density at radius 2 is 1.95 bits per heavy atom. The number of hydrogen-bond acceptors (Lipinski definition) is 2. The highest BCUT2D eigenvalue weighted by Gasteiger charge is 2.11. The highest BCUT2D eigenvalue weighted by molar-refractivity contribution is 14.1. The molecule has 0 aliphatic carbocycles. The molecule has 0 aliphatic rings. The molecule has 2 rings (SSSR count). The molecule has 1 unspecified atom stereocenters. The van der Waals surface area contributed by atoms with Gasteiger partial charge in [-0.15, -0.1) is 0 Å². The largest absolute Gasteiger partial charge is 0.497 e. The van der Waals surface area contributed by atoms with E-state index in [0.29, 0.717) is 6.61 Å². The van der Waals surface area contributed by atoms with E-state index in [9.17, 15) is 0 Å². The standard InChI is InChI=1S/C16H16BrIO2/c1-19-15-7-2-4-12(8-15)11-20-16(10-18)13-5-3-6-14(17)9-13/h2-9,16H,10-11H2,1H3. The lowest BCUT2D eigenvalue weighted by molar-refractivity contribution is 0.0576. The first kappa shape index (κ1) is 15.8. The summed E-state index contributed by atoms with van der Waals surface area (Å²) in [6.07, 6.45) is 0.0966. The number of hydrogen-bond donors (Lipinski definition) is 0. The second-order valence-electron chi connectivity index (χ2n) is 4.36. The van der Waals surface area contributed by atoms with Gasteiger partial charge in [0.2, 0.25) is 0 Å². The fourth-order valence-corrected chi connectivity index (χ4v) is 3.08. The first-order valence-corrected chi connectivity index (χ1v) is 8.60. The fourth-order valence-electron chi connectivity index (χ4n) is 1.90. The molecule has 0 N–H and O–H groups in total. The second-order valence-corrected chi connectivity index (χ2v) is 6.16. The quantitative estimate of drug-likeness (QED) is 0.451. The molecular formula is C16H16BrIO2. The van der Waals surface area contributed by atoms with Crippen molar-refractivity contribution in [1.82, 2.24) is 0 Å². The van der Waals surface area contributed by atoms with Crippen LogP contribution in [0.15, 0.2) is 53.0 Å². The van der Waals surface area contributed by atoms with Gasteiger partial charge in [-0.1, -0.05) is 62.8 Å². The van der Waals surface area contributed by atoms with E-state index in [2.05, 4.69) is 50.7 Å². The Morgan fingerprint density at radius 3 is 2.65 bits per heavy atom. The van der Waals surface area contributed by atoms with Gasteiger partial charge in [0, 0.05) is 8.90 Å². The summed E-state index contributed by atoms with van der Waals surface area (Å²) in [6, 6.07) is 16.2. The van der Waals surface area contributed by atoms with Crippen LogP contribution in [0.5, 0.6) is 5.75 Å². The molecule has 0 saturated carbocycles. The van der Waals surface area contributed by atoms with E-state index < -0.39 is 0 Å². The molecule has 0 saturated heterocycles. The maximum absolute atomic E-state index is 6.03. The Balaban J connectivity index is 2.03. The van der Waals surface area contributed by atoms with E-state index in [1.807, 2.05) is 36.4 Å². The first-order chi connectivity index (χ1) is 9.72. The molecule has 0 amide bonds. The van der Waals surface area contributed by atoms with Gasteiger partial charge in [-0.05, 0) is 35.4 Å². The van der Waals surface area contributed by atoms with Gasteiger partial charge in [-0.2, -0.15) is 0 Å². The second kappa shape index (κ2) is 8.00. The van der Waals surface area contributed by atoms with E-state index in [1.165, 1.54) is 5.56 Å². The first-order valence-electron chi connectivity index (χ1n) is 6.29. The van der Waals surface area contributed by atoms with E-state index in [4.69, 9.17) is 9.47 Å². The van der Waals surface area contributed by atoms with Crippen LogP contribution >= 0.6 is 38.5 Å². The molecule has 0 heterocycles. The lowest BCUT2D eigenvalue weighted by atomic mass is 10.1. The van der Waals surface area contributed by atoms with Crippen molar-refractivity contribution in [1.29, 1.82) is 0 Å². The van der Waals surface area contributed by atoms with Crippen LogP contribution in [0.25, 0.3) is 0 Å². The molecule has 106 valence electrons. The smallest absolute Gasteiger partial charge is 0.119 e. The minimum absolute atomic E-state index is 0.0966. The lowest BCUT2D eigenvalue weighted by Crippen LogP contribution is -2.06. The molecule has 2 nitrogen and oxygen atoms in total. The maximum atomic E-state index is 6.03. The van der Waals surface area contributed by atoms with Crippen LogP contribution in [0.3, 0.4) is 0 Å². The van der Waals surface area contributed by atoms with E-state index in [-0.39, 0.29) is 6.10 Å². The third-order valence-corrected chi connectivity index (χ3v) is 4.24. The number of benzene rings is 2. The van der Waals surface area contributed by atoms with Gasteiger partial charge >= 0.3 is 0 Å². The topological polar surface area (TPSA) is 18.5 Å².